The third-order valence-corrected chi connectivity index (χ3v) is 4.51. The van der Waals surface area contributed by atoms with Crippen molar-refractivity contribution in [2.45, 2.75) is 37.8 Å². The molecule has 0 saturated carbocycles. The monoisotopic (exact) mass is 377 g/mol. The number of hydrogen-bond acceptors (Lipinski definition) is 10. The van der Waals surface area contributed by atoms with Crippen LogP contribution in [0.25, 0.3) is 0 Å². The molecule has 0 aromatic carbocycles. The minimum atomic E-state index is -0.670. The lowest BCUT2D eigenvalue weighted by Crippen LogP contribution is -2.38. The Labute approximate surface area is 154 Å². The van der Waals surface area contributed by atoms with Gasteiger partial charge >= 0.3 is 5.97 Å². The Bertz CT molecular complexity index is 775. The van der Waals surface area contributed by atoms with Crippen LogP contribution in [-0.2, 0) is 14.3 Å². The van der Waals surface area contributed by atoms with Gasteiger partial charge in [-0.1, -0.05) is 11.8 Å². The molecule has 0 radical (unpaired) electrons. The average molecular weight is 377 g/mol. The second-order valence-electron chi connectivity index (χ2n) is 6.65. The molecule has 1 aromatic rings. The number of esters is 1. The summed E-state index contributed by atoms with van der Waals surface area (Å²) in [6.07, 6.45) is 1.56. The lowest BCUT2D eigenvalue weighted by Gasteiger charge is -2.24. The molecule has 138 valence electrons. The van der Waals surface area contributed by atoms with Gasteiger partial charge in [0.05, 0.1) is 0 Å². The van der Waals surface area contributed by atoms with Gasteiger partial charge in [0, 0.05) is 6.20 Å². The lowest BCUT2D eigenvalue weighted by molar-refractivity contribution is -0.156. The summed E-state index contributed by atoms with van der Waals surface area (Å²) in [4.78, 5) is 28.3. The highest BCUT2D eigenvalue weighted by Gasteiger charge is 2.46. The standard InChI is InChI=1S/C15H19N7O3S/c1-15(2,3)25-9(23)7-22-13-11(10(21-22)12(16)24)19-14(26-13)18-8-5-4-6-17-20-8/h4-6,11,13H,7H2,1-3H3,(H2,16,24)(H,18,19,20). The number of nitrogens with two attached hydrogens (primary N) is 1. The molecule has 10 nitrogen and oxygen atoms in total. The molecule has 0 bridgehead atoms. The number of hydrogen-bond donors (Lipinski definition) is 2. The summed E-state index contributed by atoms with van der Waals surface area (Å²) in [6, 6.07) is 2.92. The number of aromatic nitrogens is 2. The summed E-state index contributed by atoms with van der Waals surface area (Å²) in [5.41, 5.74) is 4.92. The van der Waals surface area contributed by atoms with Crippen molar-refractivity contribution in [3.8, 4) is 0 Å². The predicted molar refractivity (Wildman–Crippen MR) is 97.4 cm³/mol. The van der Waals surface area contributed by atoms with Gasteiger partial charge in [-0.2, -0.15) is 10.2 Å². The van der Waals surface area contributed by atoms with Crippen molar-refractivity contribution in [2.24, 2.45) is 15.8 Å². The molecule has 2 aliphatic rings. The largest absolute Gasteiger partial charge is 0.459 e. The van der Waals surface area contributed by atoms with Crippen LogP contribution in [0.1, 0.15) is 20.8 Å². The average Bonchev–Trinajstić information content (AvgIpc) is 3.06. The molecule has 1 aromatic heterocycles. The van der Waals surface area contributed by atoms with Crippen molar-refractivity contribution in [1.29, 1.82) is 0 Å². The SMILES string of the molecule is CC(C)(C)OC(=O)CN1N=C(C(N)=O)C2N=C(Nc3cccnn3)SC21. The van der Waals surface area contributed by atoms with Gasteiger partial charge in [-0.15, -0.1) is 5.10 Å². The molecule has 0 saturated heterocycles. The Balaban J connectivity index is 1.73. The summed E-state index contributed by atoms with van der Waals surface area (Å²) in [5.74, 6) is -0.589. The molecule has 3 heterocycles. The van der Waals surface area contributed by atoms with E-state index < -0.39 is 23.5 Å². The van der Waals surface area contributed by atoms with Crippen molar-refractivity contribution in [3.63, 3.8) is 0 Å². The molecular weight excluding hydrogens is 358 g/mol. The van der Waals surface area contributed by atoms with Crippen LogP contribution in [0.4, 0.5) is 5.82 Å². The van der Waals surface area contributed by atoms with E-state index >= 15 is 0 Å². The first-order chi connectivity index (χ1) is 12.2. The van der Waals surface area contributed by atoms with Gasteiger partial charge in [0.1, 0.15) is 23.6 Å². The minimum Gasteiger partial charge on any atom is -0.459 e. The van der Waals surface area contributed by atoms with E-state index in [1.165, 1.54) is 16.8 Å². The van der Waals surface area contributed by atoms with E-state index in [2.05, 4.69) is 25.6 Å². The molecule has 2 atom stereocenters. The van der Waals surface area contributed by atoms with Crippen LogP contribution in [0, 0.1) is 0 Å². The first-order valence-corrected chi connectivity index (χ1v) is 8.77. The number of nitrogens with one attached hydrogen (secondary N) is 1. The molecule has 0 aliphatic carbocycles. The topological polar surface area (TPSA) is 135 Å². The maximum atomic E-state index is 12.1. The number of amidine groups is 1. The predicted octanol–water partition coefficient (Wildman–Crippen LogP) is 0.185. The van der Waals surface area contributed by atoms with E-state index in [1.807, 2.05) is 0 Å². The Hall–Kier alpha value is -2.69. The van der Waals surface area contributed by atoms with Crippen LogP contribution in [0.5, 0.6) is 0 Å². The number of hydrazone groups is 1. The van der Waals surface area contributed by atoms with E-state index in [1.54, 1.807) is 39.1 Å². The number of aliphatic imine (C=N–C) groups is 1. The smallest absolute Gasteiger partial charge is 0.327 e. The summed E-state index contributed by atoms with van der Waals surface area (Å²) in [5, 5.41) is 16.6. The van der Waals surface area contributed by atoms with Crippen LogP contribution >= 0.6 is 11.8 Å². The number of fused-ring (bicyclic) bond motifs is 1. The molecule has 3 N–H and O–H groups in total. The van der Waals surface area contributed by atoms with Gasteiger partial charge in [-0.3, -0.25) is 14.6 Å². The second kappa shape index (κ2) is 6.90. The zero-order valence-electron chi connectivity index (χ0n) is 14.5. The van der Waals surface area contributed by atoms with Gasteiger partial charge in [0.15, 0.2) is 16.7 Å². The zero-order valence-corrected chi connectivity index (χ0v) is 15.4. The molecule has 0 fully saturated rings. The van der Waals surface area contributed by atoms with Gasteiger partial charge in [-0.05, 0) is 32.9 Å². The van der Waals surface area contributed by atoms with Crippen LogP contribution in [0.2, 0.25) is 0 Å². The number of nitrogens with zero attached hydrogens (tertiary/aromatic N) is 5. The van der Waals surface area contributed by atoms with Gasteiger partial charge in [0.2, 0.25) is 0 Å². The highest BCUT2D eigenvalue weighted by molar-refractivity contribution is 8.15. The Kier molecular flexibility index (Phi) is 4.81. The number of thioether (sulfide) groups is 1. The maximum absolute atomic E-state index is 12.1. The highest BCUT2D eigenvalue weighted by atomic mass is 32.2. The lowest BCUT2D eigenvalue weighted by atomic mass is 10.2. The number of ether oxygens (including phenoxy) is 1. The molecule has 1 amide bonds. The van der Waals surface area contributed by atoms with E-state index in [9.17, 15) is 9.59 Å². The number of amides is 1. The fourth-order valence-corrected chi connectivity index (χ4v) is 3.57. The Morgan fingerprint density at radius 3 is 2.81 bits per heavy atom. The fraction of sp³-hybridized carbons (Fsp3) is 0.467. The number of rotatable bonds is 4. The number of carbonyl (C=O) groups excluding carboxylic acids is 2. The quantitative estimate of drug-likeness (QED) is 0.710. The highest BCUT2D eigenvalue weighted by Crippen LogP contribution is 2.35. The normalized spacial score (nSPS) is 21.7. The number of anilines is 1. The van der Waals surface area contributed by atoms with Crippen molar-refractivity contribution >= 4 is 40.3 Å². The van der Waals surface area contributed by atoms with Crippen LogP contribution in [0.15, 0.2) is 28.4 Å². The molecule has 0 spiro atoms. The van der Waals surface area contributed by atoms with Gasteiger partial charge in [-0.25, -0.2) is 4.99 Å². The van der Waals surface area contributed by atoms with E-state index in [0.717, 1.165) is 0 Å². The summed E-state index contributed by atoms with van der Waals surface area (Å²) in [6.45, 7) is 5.25. The van der Waals surface area contributed by atoms with E-state index in [0.29, 0.717) is 11.0 Å². The number of carbonyl (C=O) groups is 2. The molecule has 11 heteroatoms. The maximum Gasteiger partial charge on any atom is 0.327 e. The summed E-state index contributed by atoms with van der Waals surface area (Å²) in [7, 11) is 0. The van der Waals surface area contributed by atoms with Crippen LogP contribution in [0.3, 0.4) is 0 Å². The zero-order chi connectivity index (χ0) is 18.9. The minimum absolute atomic E-state index is 0.101. The second-order valence-corrected chi connectivity index (χ2v) is 7.76. The number of primary amides is 1. The van der Waals surface area contributed by atoms with E-state index in [-0.39, 0.29) is 17.6 Å². The molecule has 2 aliphatic heterocycles. The van der Waals surface area contributed by atoms with Crippen molar-refractivity contribution in [1.82, 2.24) is 15.2 Å². The Morgan fingerprint density at radius 1 is 1.42 bits per heavy atom. The summed E-state index contributed by atoms with van der Waals surface area (Å²) >= 11 is 1.33. The Morgan fingerprint density at radius 2 is 2.19 bits per heavy atom. The first-order valence-electron chi connectivity index (χ1n) is 7.89. The summed E-state index contributed by atoms with van der Waals surface area (Å²) < 4.78 is 5.32. The molecule has 2 unspecified atom stereocenters. The van der Waals surface area contributed by atoms with Gasteiger partial charge in [0.25, 0.3) is 5.91 Å². The van der Waals surface area contributed by atoms with Crippen molar-refractivity contribution in [3.05, 3.63) is 18.3 Å². The molecule has 26 heavy (non-hydrogen) atoms. The van der Waals surface area contributed by atoms with Gasteiger partial charge < -0.3 is 15.8 Å². The first kappa shape index (κ1) is 18.1. The van der Waals surface area contributed by atoms with Crippen molar-refractivity contribution in [2.75, 3.05) is 11.9 Å². The molecule has 3 rings (SSSR count). The van der Waals surface area contributed by atoms with Crippen LogP contribution in [-0.4, -0.2) is 61.5 Å². The molecular formula is C15H19N7O3S. The van der Waals surface area contributed by atoms with E-state index in [4.69, 9.17) is 10.5 Å². The van der Waals surface area contributed by atoms with Crippen LogP contribution < -0.4 is 11.1 Å². The third-order valence-electron chi connectivity index (χ3n) is 3.34. The fourth-order valence-electron chi connectivity index (χ4n) is 2.44. The van der Waals surface area contributed by atoms with Crippen molar-refractivity contribution < 1.29 is 14.3 Å². The third kappa shape index (κ3) is 4.10.